The molecule has 1 amide bonds. The van der Waals surface area contributed by atoms with Gasteiger partial charge in [0, 0.05) is 6.20 Å². The number of carbonyl (C=O) groups is 1. The van der Waals surface area contributed by atoms with Gasteiger partial charge in [-0.1, -0.05) is 0 Å². The number of nitrogens with one attached hydrogen (secondary N) is 1. The maximum Gasteiger partial charge on any atom is 0.434 e. The van der Waals surface area contributed by atoms with Crippen LogP contribution >= 0.6 is 15.9 Å². The molecule has 0 saturated heterocycles. The Morgan fingerprint density at radius 2 is 1.95 bits per heavy atom. The minimum Gasteiger partial charge on any atom is -0.444 e. The molecule has 1 aromatic rings. The van der Waals surface area contributed by atoms with Gasteiger partial charge in [-0.2, -0.15) is 13.2 Å². The Labute approximate surface area is 115 Å². The van der Waals surface area contributed by atoms with Crippen molar-refractivity contribution >= 4 is 28.0 Å². The Morgan fingerprint density at radius 3 is 2.42 bits per heavy atom. The van der Waals surface area contributed by atoms with Gasteiger partial charge in [-0.05, 0) is 36.7 Å². The lowest BCUT2D eigenvalue weighted by Gasteiger charge is -2.19. The van der Waals surface area contributed by atoms with Gasteiger partial charge in [-0.3, -0.25) is 5.32 Å². The van der Waals surface area contributed by atoms with Crippen LogP contribution in [0.3, 0.4) is 0 Å². The van der Waals surface area contributed by atoms with Gasteiger partial charge in [-0.25, -0.2) is 14.8 Å². The van der Waals surface area contributed by atoms with Crippen LogP contribution in [0, 0.1) is 0 Å². The fourth-order valence-electron chi connectivity index (χ4n) is 1.02. The molecule has 0 aliphatic carbocycles. The highest BCUT2D eigenvalue weighted by atomic mass is 79.9. The minimum absolute atomic E-state index is 0.310. The van der Waals surface area contributed by atoms with E-state index in [-0.39, 0.29) is 4.47 Å². The molecule has 1 heterocycles. The number of ether oxygens (including phenoxy) is 1. The number of halogens is 4. The highest BCUT2D eigenvalue weighted by Crippen LogP contribution is 2.33. The summed E-state index contributed by atoms with van der Waals surface area (Å²) in [7, 11) is 0. The van der Waals surface area contributed by atoms with Crippen LogP contribution in [0.15, 0.2) is 10.7 Å². The first-order valence-electron chi connectivity index (χ1n) is 5.09. The molecule has 19 heavy (non-hydrogen) atoms. The zero-order valence-electron chi connectivity index (χ0n) is 10.3. The monoisotopic (exact) mass is 341 g/mol. The highest BCUT2D eigenvalue weighted by Gasteiger charge is 2.35. The number of amides is 1. The largest absolute Gasteiger partial charge is 0.444 e. The molecule has 0 bridgehead atoms. The van der Waals surface area contributed by atoms with Crippen molar-refractivity contribution in [2.75, 3.05) is 5.32 Å². The Morgan fingerprint density at radius 1 is 1.37 bits per heavy atom. The van der Waals surface area contributed by atoms with Gasteiger partial charge in [-0.15, -0.1) is 0 Å². The smallest absolute Gasteiger partial charge is 0.434 e. The normalized spacial score (nSPS) is 12.2. The number of hydrogen-bond donors (Lipinski definition) is 1. The lowest BCUT2D eigenvalue weighted by atomic mass is 10.2. The average molecular weight is 342 g/mol. The van der Waals surface area contributed by atoms with E-state index < -0.39 is 29.5 Å². The van der Waals surface area contributed by atoms with Crippen molar-refractivity contribution in [3.8, 4) is 0 Å². The molecule has 5 nitrogen and oxygen atoms in total. The second-order valence-corrected chi connectivity index (χ2v) is 5.37. The van der Waals surface area contributed by atoms with E-state index in [4.69, 9.17) is 4.74 Å². The van der Waals surface area contributed by atoms with Gasteiger partial charge in [0.05, 0.1) is 4.47 Å². The first kappa shape index (κ1) is 15.7. The molecule has 1 rings (SSSR count). The third-order valence-corrected chi connectivity index (χ3v) is 2.21. The van der Waals surface area contributed by atoms with Crippen LogP contribution in [0.25, 0.3) is 0 Å². The van der Waals surface area contributed by atoms with Crippen LogP contribution in [0.4, 0.5) is 23.9 Å². The molecule has 0 aliphatic rings. The standard InChI is InChI=1S/C10H11BrF3N3O2/c1-9(2,3)19-8(18)17-7-15-4-5(11)6(16-7)10(12,13)14/h4H,1-3H3,(H,15,16,17,18). The van der Waals surface area contributed by atoms with Crippen LogP contribution in [0.5, 0.6) is 0 Å². The van der Waals surface area contributed by atoms with Crippen molar-refractivity contribution in [2.24, 2.45) is 0 Å². The molecular weight excluding hydrogens is 331 g/mol. The zero-order chi connectivity index (χ0) is 14.8. The first-order valence-corrected chi connectivity index (χ1v) is 5.88. The lowest BCUT2D eigenvalue weighted by molar-refractivity contribution is -0.141. The fraction of sp³-hybridized carbons (Fsp3) is 0.500. The van der Waals surface area contributed by atoms with Gasteiger partial charge in [0.1, 0.15) is 5.60 Å². The summed E-state index contributed by atoms with van der Waals surface area (Å²) in [6, 6.07) is 0. The number of aromatic nitrogens is 2. The SMILES string of the molecule is CC(C)(C)OC(=O)Nc1ncc(Br)c(C(F)(F)F)n1. The Bertz CT molecular complexity index is 486. The van der Waals surface area contributed by atoms with Crippen LogP contribution in [-0.2, 0) is 10.9 Å². The zero-order valence-corrected chi connectivity index (χ0v) is 11.9. The number of carbonyl (C=O) groups excluding carboxylic acids is 1. The molecule has 0 fully saturated rings. The maximum absolute atomic E-state index is 12.6. The number of alkyl halides is 3. The summed E-state index contributed by atoms with van der Waals surface area (Å²) in [5.41, 5.74) is -1.94. The molecule has 0 atom stereocenters. The van der Waals surface area contributed by atoms with Crippen molar-refractivity contribution in [1.82, 2.24) is 9.97 Å². The topological polar surface area (TPSA) is 64.1 Å². The van der Waals surface area contributed by atoms with E-state index in [9.17, 15) is 18.0 Å². The van der Waals surface area contributed by atoms with Crippen molar-refractivity contribution < 1.29 is 22.7 Å². The summed E-state index contributed by atoms with van der Waals surface area (Å²) >= 11 is 2.69. The average Bonchev–Trinajstić information content (AvgIpc) is 2.16. The van der Waals surface area contributed by atoms with Crippen molar-refractivity contribution in [3.63, 3.8) is 0 Å². The van der Waals surface area contributed by atoms with Crippen LogP contribution in [-0.4, -0.2) is 21.7 Å². The number of nitrogens with zero attached hydrogens (tertiary/aromatic N) is 2. The molecule has 0 aromatic carbocycles. The van der Waals surface area contributed by atoms with E-state index in [1.807, 2.05) is 5.32 Å². The molecule has 0 aliphatic heterocycles. The quantitative estimate of drug-likeness (QED) is 0.847. The molecule has 9 heteroatoms. The van der Waals surface area contributed by atoms with Gasteiger partial charge in [0.2, 0.25) is 5.95 Å². The molecule has 0 unspecified atom stereocenters. The molecule has 0 radical (unpaired) electrons. The van der Waals surface area contributed by atoms with E-state index >= 15 is 0 Å². The Kier molecular flexibility index (Phi) is 4.39. The van der Waals surface area contributed by atoms with Crippen molar-refractivity contribution in [2.45, 2.75) is 32.5 Å². The Balaban J connectivity index is 2.89. The molecule has 1 aromatic heterocycles. The van der Waals surface area contributed by atoms with Gasteiger partial charge in [0.25, 0.3) is 0 Å². The third kappa shape index (κ3) is 5.01. The molecule has 106 valence electrons. The minimum atomic E-state index is -4.65. The van der Waals surface area contributed by atoms with E-state index in [1.165, 1.54) is 0 Å². The molecule has 0 spiro atoms. The number of anilines is 1. The second-order valence-electron chi connectivity index (χ2n) is 4.51. The predicted molar refractivity (Wildman–Crippen MR) is 64.6 cm³/mol. The summed E-state index contributed by atoms with van der Waals surface area (Å²) in [5.74, 6) is -0.482. The fourth-order valence-corrected chi connectivity index (χ4v) is 1.44. The summed E-state index contributed by atoms with van der Waals surface area (Å²) < 4.78 is 42.3. The second kappa shape index (κ2) is 5.32. The van der Waals surface area contributed by atoms with Gasteiger partial charge in [0.15, 0.2) is 5.69 Å². The van der Waals surface area contributed by atoms with E-state index in [0.717, 1.165) is 6.20 Å². The van der Waals surface area contributed by atoms with Crippen LogP contribution < -0.4 is 5.32 Å². The van der Waals surface area contributed by atoms with Crippen molar-refractivity contribution in [3.05, 3.63) is 16.4 Å². The molecule has 1 N–H and O–H groups in total. The number of rotatable bonds is 1. The van der Waals surface area contributed by atoms with E-state index in [1.54, 1.807) is 20.8 Å². The van der Waals surface area contributed by atoms with E-state index in [0.29, 0.717) is 0 Å². The summed E-state index contributed by atoms with van der Waals surface area (Å²) in [6.45, 7) is 4.86. The van der Waals surface area contributed by atoms with Crippen LogP contribution in [0.2, 0.25) is 0 Å². The van der Waals surface area contributed by atoms with Gasteiger partial charge < -0.3 is 4.74 Å². The lowest BCUT2D eigenvalue weighted by Crippen LogP contribution is -2.28. The highest BCUT2D eigenvalue weighted by molar-refractivity contribution is 9.10. The first-order chi connectivity index (χ1) is 8.49. The van der Waals surface area contributed by atoms with E-state index in [2.05, 4.69) is 25.9 Å². The predicted octanol–water partition coefficient (Wildman–Crippen LogP) is 3.60. The van der Waals surface area contributed by atoms with Crippen molar-refractivity contribution in [1.29, 1.82) is 0 Å². The summed E-state index contributed by atoms with van der Waals surface area (Å²) in [5, 5.41) is 2.03. The summed E-state index contributed by atoms with van der Waals surface area (Å²) in [4.78, 5) is 18.1. The maximum atomic E-state index is 12.6. The third-order valence-electron chi connectivity index (χ3n) is 1.63. The Hall–Kier alpha value is -1.38. The summed E-state index contributed by atoms with van der Waals surface area (Å²) in [6.07, 6.45) is -4.67. The van der Waals surface area contributed by atoms with Crippen LogP contribution in [0.1, 0.15) is 26.5 Å². The van der Waals surface area contributed by atoms with Gasteiger partial charge >= 0.3 is 12.3 Å². The molecule has 0 saturated carbocycles. The number of hydrogen-bond acceptors (Lipinski definition) is 4. The molecular formula is C10H11BrF3N3O2.